The van der Waals surface area contributed by atoms with E-state index in [9.17, 15) is 0 Å². The van der Waals surface area contributed by atoms with Gasteiger partial charge in [0.2, 0.25) is 0 Å². The molecule has 0 radical (unpaired) electrons. The molecule has 15 heavy (non-hydrogen) atoms. The molecule has 1 spiro atoms. The minimum absolute atomic E-state index is 0.423. The zero-order valence-electron chi connectivity index (χ0n) is 8.74. The van der Waals surface area contributed by atoms with Crippen LogP contribution in [0.3, 0.4) is 0 Å². The van der Waals surface area contributed by atoms with E-state index in [1.54, 1.807) is 6.20 Å². The van der Waals surface area contributed by atoms with E-state index in [0.29, 0.717) is 5.41 Å². The molecule has 1 aliphatic carbocycles. The lowest BCUT2D eigenvalue weighted by Crippen LogP contribution is -2.18. The van der Waals surface area contributed by atoms with Crippen LogP contribution in [0.15, 0.2) is 24.4 Å². The fourth-order valence-electron chi connectivity index (χ4n) is 2.67. The zero-order chi connectivity index (χ0) is 10.1. The Hall–Kier alpha value is -1.22. The van der Waals surface area contributed by atoms with Crippen molar-refractivity contribution in [2.75, 3.05) is 13.1 Å². The third-order valence-electron chi connectivity index (χ3n) is 3.55. The lowest BCUT2D eigenvalue weighted by atomic mass is 9.87. The topological polar surface area (TPSA) is 37.8 Å². The molecule has 0 saturated carbocycles. The van der Waals surface area contributed by atoms with Gasteiger partial charge in [-0.2, -0.15) is 10.2 Å². The van der Waals surface area contributed by atoms with Gasteiger partial charge in [-0.1, -0.05) is 6.08 Å². The Morgan fingerprint density at radius 2 is 2.33 bits per heavy atom. The maximum absolute atomic E-state index is 4.18. The van der Waals surface area contributed by atoms with E-state index >= 15 is 0 Å². The first kappa shape index (κ1) is 9.04. The van der Waals surface area contributed by atoms with Crippen LogP contribution in [0.4, 0.5) is 0 Å². The third-order valence-corrected chi connectivity index (χ3v) is 3.55. The molecule has 0 aromatic carbocycles. The predicted molar refractivity (Wildman–Crippen MR) is 59.2 cm³/mol. The summed E-state index contributed by atoms with van der Waals surface area (Å²) in [5.41, 5.74) is 2.86. The van der Waals surface area contributed by atoms with Crippen LogP contribution < -0.4 is 5.32 Å². The van der Waals surface area contributed by atoms with E-state index in [4.69, 9.17) is 0 Å². The summed E-state index contributed by atoms with van der Waals surface area (Å²) in [6, 6.07) is 4.02. The summed E-state index contributed by atoms with van der Waals surface area (Å²) in [7, 11) is 0. The fourth-order valence-corrected chi connectivity index (χ4v) is 2.67. The van der Waals surface area contributed by atoms with Gasteiger partial charge in [0, 0.05) is 18.2 Å². The van der Waals surface area contributed by atoms with Crippen molar-refractivity contribution in [3.63, 3.8) is 0 Å². The third kappa shape index (κ3) is 1.57. The Balaban J connectivity index is 1.90. The number of rotatable bonds is 1. The molecule has 1 aromatic heterocycles. The first-order chi connectivity index (χ1) is 7.38. The minimum atomic E-state index is 0.423. The van der Waals surface area contributed by atoms with Gasteiger partial charge in [-0.3, -0.25) is 0 Å². The quantitative estimate of drug-likeness (QED) is 0.750. The Morgan fingerprint density at radius 3 is 3.07 bits per heavy atom. The molecule has 1 aromatic rings. The first-order valence-corrected chi connectivity index (χ1v) is 5.59. The highest BCUT2D eigenvalue weighted by Gasteiger charge is 2.36. The summed E-state index contributed by atoms with van der Waals surface area (Å²) in [5.74, 6) is 0. The minimum Gasteiger partial charge on any atom is -0.316 e. The van der Waals surface area contributed by atoms with Gasteiger partial charge in [-0.05, 0) is 43.5 Å². The monoisotopic (exact) mass is 201 g/mol. The van der Waals surface area contributed by atoms with E-state index in [1.165, 1.54) is 18.4 Å². The van der Waals surface area contributed by atoms with Crippen molar-refractivity contribution in [2.45, 2.75) is 19.3 Å². The number of aromatic nitrogens is 2. The molecule has 3 heteroatoms. The van der Waals surface area contributed by atoms with Crippen LogP contribution in [0, 0.1) is 5.41 Å². The zero-order valence-corrected chi connectivity index (χ0v) is 8.74. The highest BCUT2D eigenvalue weighted by molar-refractivity contribution is 5.65. The van der Waals surface area contributed by atoms with Crippen LogP contribution in [-0.2, 0) is 0 Å². The molecule has 78 valence electrons. The molecule has 2 heterocycles. The average Bonchev–Trinajstić information content (AvgIpc) is 2.91. The van der Waals surface area contributed by atoms with Gasteiger partial charge >= 0.3 is 0 Å². The normalized spacial score (nSPS) is 29.7. The van der Waals surface area contributed by atoms with E-state index in [1.807, 2.05) is 6.07 Å². The maximum atomic E-state index is 4.18. The van der Waals surface area contributed by atoms with Crippen LogP contribution >= 0.6 is 0 Å². The average molecular weight is 201 g/mol. The van der Waals surface area contributed by atoms with Gasteiger partial charge in [-0.15, -0.1) is 0 Å². The Labute approximate surface area is 89.6 Å². The summed E-state index contributed by atoms with van der Waals surface area (Å²) >= 11 is 0. The molecule has 0 amide bonds. The molecule has 0 bridgehead atoms. The van der Waals surface area contributed by atoms with Crippen LogP contribution in [0.25, 0.3) is 5.57 Å². The SMILES string of the molecule is C1=C(c2cccnn2)CCC12CCNC2. The molecule has 3 rings (SSSR count). The molecule has 1 saturated heterocycles. The van der Waals surface area contributed by atoms with Gasteiger partial charge in [0.15, 0.2) is 0 Å². The Morgan fingerprint density at radius 1 is 1.33 bits per heavy atom. The lowest BCUT2D eigenvalue weighted by molar-refractivity contribution is 0.419. The van der Waals surface area contributed by atoms with Gasteiger partial charge < -0.3 is 5.32 Å². The summed E-state index contributed by atoms with van der Waals surface area (Å²) in [6.45, 7) is 2.29. The van der Waals surface area contributed by atoms with Gasteiger partial charge in [0.05, 0.1) is 5.69 Å². The lowest BCUT2D eigenvalue weighted by Gasteiger charge is -2.17. The molecule has 1 aliphatic heterocycles. The van der Waals surface area contributed by atoms with Crippen LogP contribution in [-0.4, -0.2) is 23.3 Å². The highest BCUT2D eigenvalue weighted by Crippen LogP contribution is 2.43. The predicted octanol–water partition coefficient (Wildman–Crippen LogP) is 1.63. The molecule has 3 nitrogen and oxygen atoms in total. The van der Waals surface area contributed by atoms with Crippen LogP contribution in [0.1, 0.15) is 25.0 Å². The van der Waals surface area contributed by atoms with Gasteiger partial charge in [0.1, 0.15) is 0 Å². The summed E-state index contributed by atoms with van der Waals surface area (Å²) in [5, 5.41) is 11.6. The smallest absolute Gasteiger partial charge is 0.0886 e. The van der Waals surface area contributed by atoms with E-state index in [0.717, 1.165) is 25.2 Å². The Bertz CT molecular complexity index is 377. The van der Waals surface area contributed by atoms with E-state index < -0.39 is 0 Å². The molecule has 1 N–H and O–H groups in total. The number of hydrogen-bond acceptors (Lipinski definition) is 3. The number of allylic oxidation sites excluding steroid dienone is 1. The number of nitrogens with one attached hydrogen (secondary N) is 1. The second kappa shape index (κ2) is 3.42. The molecular formula is C12H15N3. The second-order valence-corrected chi connectivity index (χ2v) is 4.57. The van der Waals surface area contributed by atoms with E-state index in [2.05, 4.69) is 27.7 Å². The molecule has 1 atom stereocenters. The summed E-state index contributed by atoms with van der Waals surface area (Å²) in [6.07, 6.45) is 7.85. The van der Waals surface area contributed by atoms with Crippen LogP contribution in [0.2, 0.25) is 0 Å². The molecule has 1 fully saturated rings. The standard InChI is InChI=1S/C12H15N3/c1-2-11(15-14-6-1)10-3-4-12(8-10)5-7-13-9-12/h1-2,6,8,13H,3-5,7,9H2. The van der Waals surface area contributed by atoms with Crippen molar-refractivity contribution in [2.24, 2.45) is 5.41 Å². The summed E-state index contributed by atoms with van der Waals surface area (Å²) < 4.78 is 0. The van der Waals surface area contributed by atoms with Crippen LogP contribution in [0.5, 0.6) is 0 Å². The number of hydrogen-bond donors (Lipinski definition) is 1. The van der Waals surface area contributed by atoms with Crippen molar-refractivity contribution >= 4 is 5.57 Å². The number of nitrogens with zero attached hydrogens (tertiary/aromatic N) is 2. The van der Waals surface area contributed by atoms with Gasteiger partial charge in [0.25, 0.3) is 0 Å². The fraction of sp³-hybridized carbons (Fsp3) is 0.500. The maximum Gasteiger partial charge on any atom is 0.0886 e. The van der Waals surface area contributed by atoms with Gasteiger partial charge in [-0.25, -0.2) is 0 Å². The molecule has 2 aliphatic rings. The summed E-state index contributed by atoms with van der Waals surface area (Å²) in [4.78, 5) is 0. The second-order valence-electron chi connectivity index (χ2n) is 4.57. The van der Waals surface area contributed by atoms with Crippen molar-refractivity contribution in [3.8, 4) is 0 Å². The van der Waals surface area contributed by atoms with Crippen molar-refractivity contribution in [1.82, 2.24) is 15.5 Å². The Kier molecular flexibility index (Phi) is 2.06. The van der Waals surface area contributed by atoms with E-state index in [-0.39, 0.29) is 0 Å². The van der Waals surface area contributed by atoms with Crippen molar-refractivity contribution in [3.05, 3.63) is 30.1 Å². The highest BCUT2D eigenvalue weighted by atomic mass is 15.1. The van der Waals surface area contributed by atoms with Crippen molar-refractivity contribution < 1.29 is 0 Å². The molecular weight excluding hydrogens is 186 g/mol. The van der Waals surface area contributed by atoms with Crippen molar-refractivity contribution in [1.29, 1.82) is 0 Å². The largest absolute Gasteiger partial charge is 0.316 e. The first-order valence-electron chi connectivity index (χ1n) is 5.59. The molecule has 1 unspecified atom stereocenters.